The second-order valence-electron chi connectivity index (χ2n) is 8.70. The molecule has 0 unspecified atom stereocenters. The van der Waals surface area contributed by atoms with E-state index in [0.717, 1.165) is 54.8 Å². The van der Waals surface area contributed by atoms with Gasteiger partial charge in [0, 0.05) is 23.1 Å². The lowest BCUT2D eigenvalue weighted by Gasteiger charge is -2.11. The lowest BCUT2D eigenvalue weighted by atomic mass is 10.3. The molecule has 0 spiro atoms. The first kappa shape index (κ1) is 29.1. The molecule has 0 aliphatic carbocycles. The van der Waals surface area contributed by atoms with Crippen LogP contribution in [0.15, 0.2) is 87.6 Å². The summed E-state index contributed by atoms with van der Waals surface area (Å²) in [5.41, 5.74) is 3.10. The van der Waals surface area contributed by atoms with Crippen molar-refractivity contribution in [2.24, 2.45) is 0 Å². The first-order chi connectivity index (χ1) is 20.7. The van der Waals surface area contributed by atoms with Crippen molar-refractivity contribution in [3.8, 4) is 11.5 Å². The number of aromatic nitrogens is 4. The molecule has 1 aliphatic rings. The van der Waals surface area contributed by atoms with Gasteiger partial charge in [-0.3, -0.25) is 0 Å². The van der Waals surface area contributed by atoms with Gasteiger partial charge >= 0.3 is 0 Å². The Hall–Kier alpha value is -4.39. The van der Waals surface area contributed by atoms with Gasteiger partial charge in [0.1, 0.15) is 17.0 Å². The van der Waals surface area contributed by atoms with Crippen LogP contribution in [0, 0.1) is 0 Å². The van der Waals surface area contributed by atoms with E-state index in [4.69, 9.17) is 23.4 Å². The van der Waals surface area contributed by atoms with Gasteiger partial charge in [0.25, 0.3) is 5.22 Å². The van der Waals surface area contributed by atoms with E-state index in [0.29, 0.717) is 41.1 Å². The Kier molecular flexibility index (Phi) is 10.4. The smallest absolute Gasteiger partial charge is 0.264 e. The highest BCUT2D eigenvalue weighted by Gasteiger charge is 2.14. The van der Waals surface area contributed by atoms with Gasteiger partial charge in [-0.25, -0.2) is 4.98 Å². The molecule has 2 N–H and O–H groups in total. The average Bonchev–Trinajstić information content (AvgIpc) is 3.43. The Bertz CT molecular complexity index is 1430. The molecule has 0 amide bonds. The van der Waals surface area contributed by atoms with Gasteiger partial charge < -0.3 is 34.0 Å². The third kappa shape index (κ3) is 8.56. The molecule has 3 heterocycles. The lowest BCUT2D eigenvalue weighted by Crippen LogP contribution is -2.16. The fraction of sp³-hybridized carbons (Fsp3) is 0.267. The number of oxazole rings is 1. The first-order valence-corrected chi connectivity index (χ1v) is 14.4. The second-order valence-corrected chi connectivity index (χ2v) is 9.62. The fourth-order valence-corrected chi connectivity index (χ4v) is 4.48. The molecule has 0 atom stereocenters. The van der Waals surface area contributed by atoms with Crippen LogP contribution in [0.3, 0.4) is 0 Å². The summed E-state index contributed by atoms with van der Waals surface area (Å²) >= 11 is 1.22. The number of fused-ring (bicyclic) bond motifs is 1. The van der Waals surface area contributed by atoms with Crippen LogP contribution < -0.4 is 20.1 Å². The monoisotopic (exact) mass is 588 g/mol. The van der Waals surface area contributed by atoms with Crippen LogP contribution in [0.2, 0.25) is 0 Å². The highest BCUT2D eigenvalue weighted by atomic mass is 32.2. The standard InChI is InChI=1S/C26H24N6O3S.C4H8O2/c1-3-33-19-13-9-17(10-14-19)27-23-30-24(28-18-11-15-20(16-12-18)34-4-2)32-25(31-23)36-26-29-21-7-5-6-8-22(21)35-26;1-2-6-4-3-5-1/h5-16H,3-4H2,1-2H3,(H2,27,28,30,31,32);1-4H2. The van der Waals surface area contributed by atoms with Gasteiger partial charge in [-0.15, -0.1) is 0 Å². The van der Waals surface area contributed by atoms with Crippen molar-refractivity contribution in [3.63, 3.8) is 0 Å². The van der Waals surface area contributed by atoms with Crippen LogP contribution >= 0.6 is 11.8 Å². The maximum atomic E-state index is 5.84. The third-order valence-electron chi connectivity index (χ3n) is 5.65. The summed E-state index contributed by atoms with van der Waals surface area (Å²) in [6, 6.07) is 22.8. The third-order valence-corrected chi connectivity index (χ3v) is 6.37. The van der Waals surface area contributed by atoms with Crippen LogP contribution in [0.1, 0.15) is 13.8 Å². The van der Waals surface area contributed by atoms with E-state index in [1.54, 1.807) is 0 Å². The van der Waals surface area contributed by atoms with Gasteiger partial charge in [-0.1, -0.05) is 12.1 Å². The number of para-hydroxylation sites is 2. The highest BCUT2D eigenvalue weighted by Crippen LogP contribution is 2.30. The van der Waals surface area contributed by atoms with Crippen LogP contribution in [-0.4, -0.2) is 59.6 Å². The Morgan fingerprint density at radius 3 is 1.67 bits per heavy atom. The van der Waals surface area contributed by atoms with Gasteiger partial charge in [0.2, 0.25) is 17.1 Å². The fourth-order valence-electron chi connectivity index (χ4n) is 3.79. The minimum absolute atomic E-state index is 0.376. The topological polar surface area (TPSA) is 126 Å². The van der Waals surface area contributed by atoms with Crippen molar-refractivity contribution >= 4 is 46.1 Å². The average molecular weight is 589 g/mol. The summed E-state index contributed by atoms with van der Waals surface area (Å²) in [5.74, 6) is 2.34. The van der Waals surface area contributed by atoms with Gasteiger partial charge in [-0.2, -0.15) is 15.0 Å². The number of hydrogen-bond donors (Lipinski definition) is 2. The van der Waals surface area contributed by atoms with Crippen LogP contribution in [-0.2, 0) is 9.47 Å². The predicted octanol–water partition coefficient (Wildman–Crippen LogP) is 6.48. The second kappa shape index (κ2) is 15.0. The molecule has 3 aromatic carbocycles. The largest absolute Gasteiger partial charge is 0.494 e. The van der Waals surface area contributed by atoms with Crippen molar-refractivity contribution in [3.05, 3.63) is 72.8 Å². The molecule has 1 saturated heterocycles. The first-order valence-electron chi connectivity index (χ1n) is 13.6. The van der Waals surface area contributed by atoms with Crippen molar-refractivity contribution in [1.82, 2.24) is 19.9 Å². The summed E-state index contributed by atoms with van der Waals surface area (Å²) in [4.78, 5) is 18.2. The van der Waals surface area contributed by atoms with Crippen molar-refractivity contribution in [2.45, 2.75) is 24.2 Å². The van der Waals surface area contributed by atoms with E-state index in [9.17, 15) is 0 Å². The van der Waals surface area contributed by atoms with Crippen molar-refractivity contribution < 1.29 is 23.4 Å². The number of rotatable bonds is 10. The maximum Gasteiger partial charge on any atom is 0.264 e. The van der Waals surface area contributed by atoms with Gasteiger partial charge in [-0.05, 0) is 74.5 Å². The molecule has 0 saturated carbocycles. The summed E-state index contributed by atoms with van der Waals surface area (Å²) in [6.07, 6.45) is 0. The number of nitrogens with one attached hydrogen (secondary N) is 2. The minimum Gasteiger partial charge on any atom is -0.494 e. The molecule has 42 heavy (non-hydrogen) atoms. The van der Waals surface area contributed by atoms with Crippen molar-refractivity contribution in [2.75, 3.05) is 50.3 Å². The highest BCUT2D eigenvalue weighted by molar-refractivity contribution is 7.99. The molecule has 12 heteroatoms. The number of ether oxygens (including phenoxy) is 4. The molecule has 2 aromatic heterocycles. The summed E-state index contributed by atoms with van der Waals surface area (Å²) < 4.78 is 26.8. The zero-order chi connectivity index (χ0) is 29.0. The molecule has 1 aliphatic heterocycles. The minimum atomic E-state index is 0.376. The van der Waals surface area contributed by atoms with E-state index in [1.165, 1.54) is 11.8 Å². The van der Waals surface area contributed by atoms with Gasteiger partial charge in [0.15, 0.2) is 5.58 Å². The number of anilines is 4. The zero-order valence-electron chi connectivity index (χ0n) is 23.4. The SMILES string of the molecule is C1COCCO1.CCOc1ccc(Nc2nc(Nc3ccc(OCC)cc3)nc(Sc3nc4ccccc4o3)n2)cc1. The summed E-state index contributed by atoms with van der Waals surface area (Å²) in [7, 11) is 0. The summed E-state index contributed by atoms with van der Waals surface area (Å²) in [6.45, 7) is 8.23. The molecular formula is C30H32N6O5S. The van der Waals surface area contributed by atoms with E-state index in [1.807, 2.05) is 86.6 Å². The summed E-state index contributed by atoms with van der Waals surface area (Å²) in [5, 5.41) is 7.35. The molecule has 0 bridgehead atoms. The quantitative estimate of drug-likeness (QED) is 0.185. The molecule has 1 fully saturated rings. The van der Waals surface area contributed by atoms with Crippen LogP contribution in [0.5, 0.6) is 11.5 Å². The Labute approximate surface area is 248 Å². The molecule has 5 aromatic rings. The number of hydrogen-bond acceptors (Lipinski definition) is 12. The van der Waals surface area contributed by atoms with Gasteiger partial charge in [0.05, 0.1) is 39.6 Å². The van der Waals surface area contributed by atoms with E-state index < -0.39 is 0 Å². The van der Waals surface area contributed by atoms with Crippen molar-refractivity contribution in [1.29, 1.82) is 0 Å². The molecule has 11 nitrogen and oxygen atoms in total. The van der Waals surface area contributed by atoms with Crippen LogP contribution in [0.4, 0.5) is 23.3 Å². The Morgan fingerprint density at radius 2 is 1.19 bits per heavy atom. The molecular weight excluding hydrogens is 556 g/mol. The maximum absolute atomic E-state index is 5.84. The molecule has 6 rings (SSSR count). The Morgan fingerprint density at radius 1 is 0.667 bits per heavy atom. The predicted molar refractivity (Wildman–Crippen MR) is 161 cm³/mol. The van der Waals surface area contributed by atoms with Crippen LogP contribution in [0.25, 0.3) is 11.1 Å². The number of nitrogens with zero attached hydrogens (tertiary/aromatic N) is 4. The normalized spacial score (nSPS) is 12.7. The van der Waals surface area contributed by atoms with E-state index in [-0.39, 0.29) is 0 Å². The Balaban J connectivity index is 0.000000524. The number of benzene rings is 3. The van der Waals surface area contributed by atoms with E-state index in [2.05, 4.69) is 30.6 Å². The molecule has 0 radical (unpaired) electrons. The lowest BCUT2D eigenvalue weighted by molar-refractivity contribution is -0.0334. The molecule has 218 valence electrons. The van der Waals surface area contributed by atoms with E-state index >= 15 is 0 Å². The zero-order valence-corrected chi connectivity index (χ0v) is 24.2.